The number of halogens is 1. The van der Waals surface area contributed by atoms with Crippen LogP contribution < -0.4 is 4.90 Å². The second-order valence-corrected chi connectivity index (χ2v) is 6.39. The van der Waals surface area contributed by atoms with Crippen molar-refractivity contribution in [3.63, 3.8) is 0 Å². The molecule has 3 aromatic carbocycles. The summed E-state index contributed by atoms with van der Waals surface area (Å²) < 4.78 is 13.3. The van der Waals surface area contributed by atoms with Crippen molar-refractivity contribution in [2.75, 3.05) is 11.9 Å². The minimum atomic E-state index is -0.240. The van der Waals surface area contributed by atoms with E-state index >= 15 is 0 Å². The van der Waals surface area contributed by atoms with E-state index in [-0.39, 0.29) is 5.82 Å². The first-order chi connectivity index (χ1) is 12.7. The second kappa shape index (κ2) is 6.96. The summed E-state index contributed by atoms with van der Waals surface area (Å²) in [4.78, 5) is 7.00. The predicted octanol–water partition coefficient (Wildman–Crippen LogP) is 5.68. The number of hydrogen-bond acceptors (Lipinski definition) is 2. The van der Waals surface area contributed by atoms with E-state index in [0.29, 0.717) is 0 Å². The van der Waals surface area contributed by atoms with Crippen molar-refractivity contribution in [3.8, 4) is 11.3 Å². The molecule has 0 saturated heterocycles. The number of anilines is 1. The van der Waals surface area contributed by atoms with Gasteiger partial charge < -0.3 is 4.90 Å². The van der Waals surface area contributed by atoms with E-state index in [1.807, 2.05) is 24.3 Å². The first-order valence-electron chi connectivity index (χ1n) is 8.61. The Kier molecular flexibility index (Phi) is 4.36. The van der Waals surface area contributed by atoms with E-state index in [1.54, 1.807) is 12.1 Å². The van der Waals surface area contributed by atoms with E-state index in [1.165, 1.54) is 17.7 Å². The lowest BCUT2D eigenvalue weighted by atomic mass is 10.1. The molecule has 0 saturated carbocycles. The van der Waals surface area contributed by atoms with Crippen LogP contribution in [-0.2, 0) is 6.54 Å². The number of rotatable bonds is 4. The molecular weight excluding hydrogens is 323 g/mol. The molecule has 2 nitrogen and oxygen atoms in total. The Hall–Kier alpha value is -3.20. The molecule has 26 heavy (non-hydrogen) atoms. The third-order valence-corrected chi connectivity index (χ3v) is 4.51. The molecular formula is C23H19FN2. The standard InChI is InChI=1S/C23H19FN2/c1-26(16-17-7-3-2-4-8-17)23-15-22(18-11-13-19(24)14-12-18)25-21-10-6-5-9-20(21)23/h2-15H,16H2,1H3. The quantitative estimate of drug-likeness (QED) is 0.474. The van der Waals surface area contributed by atoms with Crippen LogP contribution in [0.1, 0.15) is 5.56 Å². The number of pyridine rings is 1. The monoisotopic (exact) mass is 342 g/mol. The molecule has 0 N–H and O–H groups in total. The van der Waals surface area contributed by atoms with Gasteiger partial charge in [-0.2, -0.15) is 0 Å². The van der Waals surface area contributed by atoms with Gasteiger partial charge in [-0.3, -0.25) is 0 Å². The molecule has 0 aliphatic rings. The molecule has 1 aromatic heterocycles. The number of para-hydroxylation sites is 1. The Morgan fingerprint density at radius 3 is 2.31 bits per heavy atom. The number of fused-ring (bicyclic) bond motifs is 1. The summed E-state index contributed by atoms with van der Waals surface area (Å²) >= 11 is 0. The smallest absolute Gasteiger partial charge is 0.123 e. The predicted molar refractivity (Wildman–Crippen MR) is 106 cm³/mol. The summed E-state index contributed by atoms with van der Waals surface area (Å²) in [7, 11) is 2.09. The molecule has 0 bridgehead atoms. The lowest BCUT2D eigenvalue weighted by Gasteiger charge is -2.22. The van der Waals surface area contributed by atoms with Crippen LogP contribution in [0.4, 0.5) is 10.1 Å². The van der Waals surface area contributed by atoms with Gasteiger partial charge in [0.15, 0.2) is 0 Å². The molecule has 0 aliphatic carbocycles. The molecule has 0 amide bonds. The van der Waals surface area contributed by atoms with Crippen molar-refractivity contribution in [2.24, 2.45) is 0 Å². The SMILES string of the molecule is CN(Cc1ccccc1)c1cc(-c2ccc(F)cc2)nc2ccccc12. The zero-order chi connectivity index (χ0) is 17.9. The minimum absolute atomic E-state index is 0.240. The van der Waals surface area contributed by atoms with Crippen LogP contribution in [0.25, 0.3) is 22.2 Å². The summed E-state index contributed by atoms with van der Waals surface area (Å²) in [6.07, 6.45) is 0. The fourth-order valence-electron chi connectivity index (χ4n) is 3.18. The first kappa shape index (κ1) is 16.3. The Bertz CT molecular complexity index is 1030. The third-order valence-electron chi connectivity index (χ3n) is 4.51. The molecule has 0 radical (unpaired) electrons. The van der Waals surface area contributed by atoms with Crippen molar-refractivity contribution in [1.82, 2.24) is 4.98 Å². The van der Waals surface area contributed by atoms with Crippen molar-refractivity contribution in [2.45, 2.75) is 6.54 Å². The number of aromatic nitrogens is 1. The maximum atomic E-state index is 13.3. The van der Waals surface area contributed by atoms with Gasteiger partial charge in [0, 0.05) is 30.2 Å². The first-order valence-corrected chi connectivity index (χ1v) is 8.61. The van der Waals surface area contributed by atoms with Gasteiger partial charge in [-0.15, -0.1) is 0 Å². The minimum Gasteiger partial charge on any atom is -0.370 e. The van der Waals surface area contributed by atoms with E-state index in [9.17, 15) is 4.39 Å². The maximum Gasteiger partial charge on any atom is 0.123 e. The third kappa shape index (κ3) is 3.29. The summed E-state index contributed by atoms with van der Waals surface area (Å²) in [5.41, 5.74) is 5.05. The van der Waals surface area contributed by atoms with Crippen LogP contribution in [0.5, 0.6) is 0 Å². The molecule has 0 aliphatic heterocycles. The second-order valence-electron chi connectivity index (χ2n) is 6.39. The molecule has 128 valence electrons. The van der Waals surface area contributed by atoms with Gasteiger partial charge >= 0.3 is 0 Å². The van der Waals surface area contributed by atoms with Gasteiger partial charge in [-0.25, -0.2) is 9.37 Å². The van der Waals surface area contributed by atoms with Gasteiger partial charge in [0.25, 0.3) is 0 Å². The zero-order valence-corrected chi connectivity index (χ0v) is 14.6. The molecule has 0 unspecified atom stereocenters. The number of nitrogens with zero attached hydrogens (tertiary/aromatic N) is 2. The zero-order valence-electron chi connectivity index (χ0n) is 14.6. The van der Waals surface area contributed by atoms with Gasteiger partial charge in [-0.05, 0) is 42.0 Å². The van der Waals surface area contributed by atoms with Crippen LogP contribution in [0.15, 0.2) is 84.9 Å². The lowest BCUT2D eigenvalue weighted by molar-refractivity contribution is 0.628. The average Bonchev–Trinajstić information content (AvgIpc) is 2.68. The highest BCUT2D eigenvalue weighted by Crippen LogP contribution is 2.31. The van der Waals surface area contributed by atoms with E-state index in [4.69, 9.17) is 4.98 Å². The number of benzene rings is 3. The van der Waals surface area contributed by atoms with Crippen molar-refractivity contribution < 1.29 is 4.39 Å². The highest BCUT2D eigenvalue weighted by Gasteiger charge is 2.11. The van der Waals surface area contributed by atoms with E-state index < -0.39 is 0 Å². The van der Waals surface area contributed by atoms with Crippen LogP contribution >= 0.6 is 0 Å². The fourth-order valence-corrected chi connectivity index (χ4v) is 3.18. The molecule has 1 heterocycles. The van der Waals surface area contributed by atoms with Crippen LogP contribution in [-0.4, -0.2) is 12.0 Å². The van der Waals surface area contributed by atoms with E-state index in [2.05, 4.69) is 48.3 Å². The van der Waals surface area contributed by atoms with Gasteiger partial charge in [-0.1, -0.05) is 48.5 Å². The molecule has 0 spiro atoms. The van der Waals surface area contributed by atoms with Crippen LogP contribution in [0.3, 0.4) is 0 Å². The topological polar surface area (TPSA) is 16.1 Å². The fraction of sp³-hybridized carbons (Fsp3) is 0.0870. The van der Waals surface area contributed by atoms with Crippen LogP contribution in [0, 0.1) is 5.82 Å². The Morgan fingerprint density at radius 2 is 1.54 bits per heavy atom. The van der Waals surface area contributed by atoms with Gasteiger partial charge in [0.2, 0.25) is 0 Å². The lowest BCUT2D eigenvalue weighted by Crippen LogP contribution is -2.17. The average molecular weight is 342 g/mol. The molecule has 4 aromatic rings. The van der Waals surface area contributed by atoms with Crippen molar-refractivity contribution >= 4 is 16.6 Å². The molecule has 3 heteroatoms. The van der Waals surface area contributed by atoms with E-state index in [0.717, 1.165) is 34.4 Å². The van der Waals surface area contributed by atoms with Crippen molar-refractivity contribution in [1.29, 1.82) is 0 Å². The largest absolute Gasteiger partial charge is 0.370 e. The Labute approximate surface area is 152 Å². The summed E-state index contributed by atoms with van der Waals surface area (Å²) in [5, 5.41) is 1.11. The summed E-state index contributed by atoms with van der Waals surface area (Å²) in [5.74, 6) is -0.240. The molecule has 4 rings (SSSR count). The Balaban J connectivity index is 1.80. The maximum absolute atomic E-state index is 13.3. The Morgan fingerprint density at radius 1 is 0.846 bits per heavy atom. The highest BCUT2D eigenvalue weighted by molar-refractivity contribution is 5.94. The summed E-state index contributed by atoms with van der Waals surface area (Å²) in [6.45, 7) is 0.803. The number of hydrogen-bond donors (Lipinski definition) is 0. The summed E-state index contributed by atoms with van der Waals surface area (Å²) in [6, 6.07) is 27.1. The highest BCUT2D eigenvalue weighted by atomic mass is 19.1. The van der Waals surface area contributed by atoms with Crippen LogP contribution in [0.2, 0.25) is 0 Å². The van der Waals surface area contributed by atoms with Crippen molar-refractivity contribution in [3.05, 3.63) is 96.3 Å². The van der Waals surface area contributed by atoms with Gasteiger partial charge in [0.05, 0.1) is 11.2 Å². The normalized spacial score (nSPS) is 10.8. The molecule has 0 fully saturated rings. The molecule has 0 atom stereocenters. The van der Waals surface area contributed by atoms with Gasteiger partial charge in [0.1, 0.15) is 5.82 Å².